The summed E-state index contributed by atoms with van der Waals surface area (Å²) in [5, 5.41) is 7.16. The van der Waals surface area contributed by atoms with Gasteiger partial charge in [-0.05, 0) is 37.8 Å². The van der Waals surface area contributed by atoms with E-state index in [0.717, 1.165) is 43.7 Å². The highest BCUT2D eigenvalue weighted by Crippen LogP contribution is 2.22. The third-order valence-corrected chi connectivity index (χ3v) is 5.14. The average Bonchev–Trinajstić information content (AvgIpc) is 2.91. The summed E-state index contributed by atoms with van der Waals surface area (Å²) in [6.45, 7) is 5.15. The SMILES string of the molecule is Cc1noc(Cl)c1CCC(=O)N1CCCC(N2CCNCC2=O)C1.Cl. The molecule has 1 unspecified atom stereocenters. The van der Waals surface area contributed by atoms with Gasteiger partial charge in [-0.3, -0.25) is 9.59 Å². The number of aryl methyl sites for hydroxylation is 1. The minimum Gasteiger partial charge on any atom is -0.344 e. The number of nitrogens with one attached hydrogen (secondary N) is 1. The normalized spacial score (nSPS) is 21.2. The molecule has 2 fully saturated rings. The Morgan fingerprint density at radius 1 is 1.44 bits per heavy atom. The molecule has 7 nitrogen and oxygen atoms in total. The molecular formula is C16H24Cl2N4O3. The monoisotopic (exact) mass is 390 g/mol. The van der Waals surface area contributed by atoms with Crippen molar-refractivity contribution in [3.63, 3.8) is 0 Å². The molecule has 0 saturated carbocycles. The Balaban J connectivity index is 0.00000225. The highest BCUT2D eigenvalue weighted by Gasteiger charge is 2.31. The zero-order chi connectivity index (χ0) is 17.1. The molecule has 1 aromatic heterocycles. The second-order valence-corrected chi connectivity index (χ2v) is 6.76. The molecule has 2 amide bonds. The lowest BCUT2D eigenvalue weighted by Gasteiger charge is -2.41. The molecule has 0 aromatic carbocycles. The molecular weight excluding hydrogens is 367 g/mol. The maximum Gasteiger partial charge on any atom is 0.236 e. The predicted molar refractivity (Wildman–Crippen MR) is 96.0 cm³/mol. The van der Waals surface area contributed by atoms with Crippen molar-refractivity contribution < 1.29 is 14.1 Å². The van der Waals surface area contributed by atoms with E-state index in [4.69, 9.17) is 16.1 Å². The van der Waals surface area contributed by atoms with Crippen LogP contribution in [0.15, 0.2) is 4.52 Å². The second kappa shape index (κ2) is 8.87. The molecule has 9 heteroatoms. The second-order valence-electron chi connectivity index (χ2n) is 6.42. The van der Waals surface area contributed by atoms with Crippen LogP contribution in [0.3, 0.4) is 0 Å². The van der Waals surface area contributed by atoms with Crippen LogP contribution in [0.1, 0.15) is 30.5 Å². The molecule has 0 spiro atoms. The number of rotatable bonds is 4. The molecule has 2 aliphatic heterocycles. The predicted octanol–water partition coefficient (Wildman–Crippen LogP) is 1.41. The van der Waals surface area contributed by atoms with Gasteiger partial charge >= 0.3 is 0 Å². The zero-order valence-electron chi connectivity index (χ0n) is 14.3. The molecule has 0 aliphatic carbocycles. The number of halogens is 2. The number of nitrogens with zero attached hydrogens (tertiary/aromatic N) is 3. The lowest BCUT2D eigenvalue weighted by atomic mass is 10.0. The van der Waals surface area contributed by atoms with Crippen molar-refractivity contribution in [3.8, 4) is 0 Å². The average molecular weight is 391 g/mol. The van der Waals surface area contributed by atoms with E-state index < -0.39 is 0 Å². The van der Waals surface area contributed by atoms with Crippen molar-refractivity contribution in [2.24, 2.45) is 0 Å². The van der Waals surface area contributed by atoms with E-state index in [1.807, 2.05) is 16.7 Å². The van der Waals surface area contributed by atoms with Crippen LogP contribution >= 0.6 is 24.0 Å². The number of hydrogen-bond donors (Lipinski definition) is 1. The first-order valence-electron chi connectivity index (χ1n) is 8.45. The molecule has 1 atom stereocenters. The van der Waals surface area contributed by atoms with Gasteiger partial charge in [0.1, 0.15) is 0 Å². The van der Waals surface area contributed by atoms with Crippen LogP contribution in [-0.4, -0.2) is 65.5 Å². The zero-order valence-corrected chi connectivity index (χ0v) is 15.9. The molecule has 3 heterocycles. The Bertz CT molecular complexity index is 603. The first-order chi connectivity index (χ1) is 11.6. The van der Waals surface area contributed by atoms with Crippen LogP contribution in [-0.2, 0) is 16.0 Å². The smallest absolute Gasteiger partial charge is 0.236 e. The third kappa shape index (κ3) is 4.65. The fourth-order valence-corrected chi connectivity index (χ4v) is 3.74. The van der Waals surface area contributed by atoms with Crippen molar-refractivity contribution in [1.29, 1.82) is 0 Å². The number of likely N-dealkylation sites (tertiary alicyclic amines) is 1. The molecule has 3 rings (SSSR count). The summed E-state index contributed by atoms with van der Waals surface area (Å²) >= 11 is 5.95. The lowest BCUT2D eigenvalue weighted by molar-refractivity contribution is -0.140. The van der Waals surface area contributed by atoms with Crippen molar-refractivity contribution in [3.05, 3.63) is 16.5 Å². The maximum absolute atomic E-state index is 12.5. The quantitative estimate of drug-likeness (QED) is 0.840. The van der Waals surface area contributed by atoms with E-state index in [1.165, 1.54) is 0 Å². The minimum atomic E-state index is 0. The molecule has 1 N–H and O–H groups in total. The topological polar surface area (TPSA) is 78.7 Å². The molecule has 1 aromatic rings. The maximum atomic E-state index is 12.5. The standard InChI is InChI=1S/C16H23ClN4O3.ClH/c1-11-13(16(17)24-19-11)4-5-14(22)20-7-2-3-12(10-20)21-8-6-18-9-15(21)23;/h12,18H,2-10H2,1H3;1H. The number of carbonyl (C=O) groups is 2. The number of amides is 2. The summed E-state index contributed by atoms with van der Waals surface area (Å²) in [5.41, 5.74) is 1.53. The Labute approximate surface area is 158 Å². The Morgan fingerprint density at radius 2 is 2.24 bits per heavy atom. The summed E-state index contributed by atoms with van der Waals surface area (Å²) < 4.78 is 4.92. The van der Waals surface area contributed by atoms with Crippen molar-refractivity contribution >= 4 is 35.8 Å². The highest BCUT2D eigenvalue weighted by atomic mass is 35.5. The number of aromatic nitrogens is 1. The molecule has 140 valence electrons. The van der Waals surface area contributed by atoms with E-state index in [2.05, 4.69) is 10.5 Å². The first-order valence-corrected chi connectivity index (χ1v) is 8.82. The Hall–Kier alpha value is -1.31. The van der Waals surface area contributed by atoms with Gasteiger partial charge < -0.3 is 19.6 Å². The van der Waals surface area contributed by atoms with Crippen LogP contribution in [0, 0.1) is 6.92 Å². The van der Waals surface area contributed by atoms with Crippen LogP contribution in [0.2, 0.25) is 5.22 Å². The number of carbonyl (C=O) groups excluding carboxylic acids is 2. The van der Waals surface area contributed by atoms with Gasteiger partial charge in [0.25, 0.3) is 0 Å². The Kier molecular flexibility index (Phi) is 7.10. The molecule has 0 radical (unpaired) electrons. The summed E-state index contributed by atoms with van der Waals surface area (Å²) in [7, 11) is 0. The summed E-state index contributed by atoms with van der Waals surface area (Å²) in [4.78, 5) is 28.4. The van der Waals surface area contributed by atoms with Gasteiger partial charge in [0.05, 0.1) is 12.2 Å². The van der Waals surface area contributed by atoms with Gasteiger partial charge in [-0.15, -0.1) is 12.4 Å². The summed E-state index contributed by atoms with van der Waals surface area (Å²) in [5.74, 6) is 0.228. The van der Waals surface area contributed by atoms with Gasteiger partial charge in [-0.25, -0.2) is 0 Å². The highest BCUT2D eigenvalue weighted by molar-refractivity contribution is 6.29. The number of piperidine rings is 1. The fraction of sp³-hybridized carbons (Fsp3) is 0.688. The van der Waals surface area contributed by atoms with Gasteiger partial charge in [-0.2, -0.15) is 0 Å². The summed E-state index contributed by atoms with van der Waals surface area (Å²) in [6.07, 6.45) is 2.80. The van der Waals surface area contributed by atoms with Crippen molar-refractivity contribution in [1.82, 2.24) is 20.3 Å². The lowest BCUT2D eigenvalue weighted by Crippen LogP contribution is -2.57. The van der Waals surface area contributed by atoms with E-state index in [0.29, 0.717) is 25.9 Å². The van der Waals surface area contributed by atoms with Gasteiger partial charge in [0, 0.05) is 44.2 Å². The number of piperazine rings is 1. The third-order valence-electron chi connectivity index (χ3n) is 4.84. The molecule has 2 aliphatic rings. The van der Waals surface area contributed by atoms with Crippen LogP contribution in [0.25, 0.3) is 0 Å². The Morgan fingerprint density at radius 3 is 2.92 bits per heavy atom. The first kappa shape index (κ1) is 20.0. The minimum absolute atomic E-state index is 0. The molecule has 25 heavy (non-hydrogen) atoms. The van der Waals surface area contributed by atoms with E-state index in [9.17, 15) is 9.59 Å². The van der Waals surface area contributed by atoms with E-state index in [1.54, 1.807) is 0 Å². The molecule has 2 saturated heterocycles. The van der Waals surface area contributed by atoms with E-state index in [-0.39, 0.29) is 35.5 Å². The van der Waals surface area contributed by atoms with Gasteiger partial charge in [-0.1, -0.05) is 5.16 Å². The van der Waals surface area contributed by atoms with Crippen LogP contribution in [0.4, 0.5) is 0 Å². The van der Waals surface area contributed by atoms with Gasteiger partial charge in [0.2, 0.25) is 17.0 Å². The van der Waals surface area contributed by atoms with Crippen molar-refractivity contribution in [2.75, 3.05) is 32.7 Å². The van der Waals surface area contributed by atoms with Crippen molar-refractivity contribution in [2.45, 2.75) is 38.6 Å². The largest absolute Gasteiger partial charge is 0.344 e. The van der Waals surface area contributed by atoms with E-state index >= 15 is 0 Å². The molecule has 0 bridgehead atoms. The fourth-order valence-electron chi connectivity index (χ4n) is 3.47. The van der Waals surface area contributed by atoms with Crippen LogP contribution in [0.5, 0.6) is 0 Å². The number of hydrogen-bond acceptors (Lipinski definition) is 5. The summed E-state index contributed by atoms with van der Waals surface area (Å²) in [6, 6.07) is 0.137. The van der Waals surface area contributed by atoms with Gasteiger partial charge in [0.15, 0.2) is 0 Å². The van der Waals surface area contributed by atoms with Crippen LogP contribution < -0.4 is 5.32 Å².